The van der Waals surface area contributed by atoms with Crippen LogP contribution in [0.3, 0.4) is 0 Å². The first-order chi connectivity index (χ1) is 16.2. The Morgan fingerprint density at radius 3 is 2.65 bits per heavy atom. The van der Waals surface area contributed by atoms with E-state index in [1.165, 1.54) is 57.8 Å². The summed E-state index contributed by atoms with van der Waals surface area (Å²) in [6.07, 6.45) is 16.7. The number of carbonyl (C=O) groups is 1. The van der Waals surface area contributed by atoms with Crippen molar-refractivity contribution in [2.24, 2.45) is 46.3 Å². The van der Waals surface area contributed by atoms with Gasteiger partial charge >= 0.3 is 6.09 Å². The topological polar surface area (TPSA) is 38.3 Å². The Labute approximate surface area is 215 Å². The van der Waals surface area contributed by atoms with Crippen LogP contribution in [-0.4, -0.2) is 24.5 Å². The lowest BCUT2D eigenvalue weighted by Crippen LogP contribution is -2.51. The molecule has 0 radical (unpaired) electrons. The molecule has 3 nitrogen and oxygen atoms in total. The van der Waals surface area contributed by atoms with Crippen LogP contribution in [-0.2, 0) is 4.74 Å². The van der Waals surface area contributed by atoms with Crippen molar-refractivity contribution in [1.82, 2.24) is 5.32 Å². The summed E-state index contributed by atoms with van der Waals surface area (Å²) in [6.45, 7) is 13.1. The van der Waals surface area contributed by atoms with Gasteiger partial charge in [-0.2, -0.15) is 12.6 Å². The van der Waals surface area contributed by atoms with Gasteiger partial charge in [0.15, 0.2) is 0 Å². The number of nitrogens with one attached hydrogen (secondary N) is 1. The molecule has 194 valence electrons. The molecule has 4 heteroatoms. The van der Waals surface area contributed by atoms with E-state index in [-0.39, 0.29) is 12.2 Å². The molecular weight excluding hydrogens is 438 g/mol. The van der Waals surface area contributed by atoms with Crippen LogP contribution < -0.4 is 5.32 Å². The molecule has 0 spiro atoms. The van der Waals surface area contributed by atoms with E-state index in [9.17, 15) is 4.79 Å². The minimum absolute atomic E-state index is 0.0344. The maximum absolute atomic E-state index is 12.1. The van der Waals surface area contributed by atoms with Gasteiger partial charge in [0.2, 0.25) is 0 Å². The summed E-state index contributed by atoms with van der Waals surface area (Å²) in [4.78, 5) is 12.1. The third-order valence-corrected chi connectivity index (χ3v) is 11.1. The van der Waals surface area contributed by atoms with Crippen LogP contribution in [0.2, 0.25) is 0 Å². The van der Waals surface area contributed by atoms with Crippen molar-refractivity contribution in [2.75, 3.05) is 12.3 Å². The zero-order valence-electron chi connectivity index (χ0n) is 22.6. The van der Waals surface area contributed by atoms with Gasteiger partial charge in [-0.3, -0.25) is 0 Å². The number of ether oxygens (including phenoxy) is 1. The number of carbonyl (C=O) groups excluding carboxylic acids is 1. The van der Waals surface area contributed by atoms with Crippen molar-refractivity contribution < 1.29 is 9.53 Å². The number of thiol groups is 1. The molecule has 4 aliphatic carbocycles. The van der Waals surface area contributed by atoms with E-state index < -0.39 is 0 Å². The first kappa shape index (κ1) is 26.4. The summed E-state index contributed by atoms with van der Waals surface area (Å²) in [6, 6.07) is 0. The van der Waals surface area contributed by atoms with Crippen LogP contribution in [0.5, 0.6) is 0 Å². The number of amides is 1. The van der Waals surface area contributed by atoms with Gasteiger partial charge in [0.25, 0.3) is 0 Å². The first-order valence-electron chi connectivity index (χ1n) is 14.4. The van der Waals surface area contributed by atoms with Crippen molar-refractivity contribution >= 4 is 18.7 Å². The normalized spacial score (nSPS) is 40.1. The molecule has 1 amide bonds. The number of allylic oxidation sites excluding steroid dienone is 1. The van der Waals surface area contributed by atoms with Gasteiger partial charge in [0, 0.05) is 18.7 Å². The SMILES string of the molecule is CC(C)CCC[C@@H](C)[C@H]1CC[C@H]2[C@@H]3CC=C4C[C@@H](OC(=O)NCCS)CC[C@]4(C)[C@H]3CC[C@]12C. The second kappa shape index (κ2) is 10.8. The standard InChI is InChI=1S/C30H51NO2S/c1-20(2)7-6-8-21(3)25-11-12-26-24-10-9-22-19-23(33-28(32)31-17-18-34)13-15-29(22,4)27(24)14-16-30(25,26)5/h9,20-21,23-27,34H,6-8,10-19H2,1-5H3,(H,31,32)/t21-,23+,24+,25-,26+,27+,29+,30-/m1/s1. The summed E-state index contributed by atoms with van der Waals surface area (Å²) in [5, 5.41) is 2.81. The van der Waals surface area contributed by atoms with E-state index in [0.29, 0.717) is 23.1 Å². The van der Waals surface area contributed by atoms with E-state index in [0.717, 1.165) is 48.3 Å². The molecule has 4 rings (SSSR count). The molecule has 0 aliphatic heterocycles. The van der Waals surface area contributed by atoms with Crippen molar-refractivity contribution in [3.8, 4) is 0 Å². The molecule has 0 aromatic carbocycles. The van der Waals surface area contributed by atoms with Crippen LogP contribution in [0.25, 0.3) is 0 Å². The van der Waals surface area contributed by atoms with E-state index in [1.54, 1.807) is 5.57 Å². The van der Waals surface area contributed by atoms with Gasteiger partial charge in [0.1, 0.15) is 6.10 Å². The Kier molecular flexibility index (Phi) is 8.37. The Balaban J connectivity index is 1.41. The fourth-order valence-electron chi connectivity index (χ4n) is 9.10. The Hall–Kier alpha value is -0.640. The average molecular weight is 490 g/mol. The highest BCUT2D eigenvalue weighted by Gasteiger charge is 2.59. The lowest BCUT2D eigenvalue weighted by Gasteiger charge is -2.58. The minimum atomic E-state index is -0.273. The van der Waals surface area contributed by atoms with Gasteiger partial charge < -0.3 is 10.1 Å². The summed E-state index contributed by atoms with van der Waals surface area (Å²) < 4.78 is 5.77. The van der Waals surface area contributed by atoms with E-state index in [2.05, 4.69) is 58.6 Å². The molecule has 1 N–H and O–H groups in total. The second-order valence-electron chi connectivity index (χ2n) is 13.2. The lowest BCUT2D eigenvalue weighted by atomic mass is 9.47. The Morgan fingerprint density at radius 1 is 1.12 bits per heavy atom. The summed E-state index contributed by atoms with van der Waals surface area (Å²) in [7, 11) is 0. The molecule has 0 bridgehead atoms. The number of fused-ring (bicyclic) bond motifs is 5. The first-order valence-corrected chi connectivity index (χ1v) is 15.1. The predicted molar refractivity (Wildman–Crippen MR) is 145 cm³/mol. The third kappa shape index (κ3) is 5.09. The van der Waals surface area contributed by atoms with Gasteiger partial charge in [-0.05, 0) is 91.3 Å². The fourth-order valence-corrected chi connectivity index (χ4v) is 9.22. The number of hydrogen-bond acceptors (Lipinski definition) is 3. The number of alkyl carbamates (subject to hydrolysis) is 1. The quantitative estimate of drug-likeness (QED) is 0.267. The monoisotopic (exact) mass is 489 g/mol. The van der Waals surface area contributed by atoms with Crippen molar-refractivity contribution in [1.29, 1.82) is 0 Å². The molecule has 4 aliphatic rings. The molecule has 0 unspecified atom stereocenters. The van der Waals surface area contributed by atoms with Crippen LogP contribution >= 0.6 is 12.6 Å². The maximum Gasteiger partial charge on any atom is 0.407 e. The van der Waals surface area contributed by atoms with E-state index in [4.69, 9.17) is 4.74 Å². The fraction of sp³-hybridized carbons (Fsp3) is 0.900. The van der Waals surface area contributed by atoms with Gasteiger partial charge in [-0.15, -0.1) is 0 Å². The van der Waals surface area contributed by atoms with Crippen LogP contribution in [0.1, 0.15) is 105 Å². The van der Waals surface area contributed by atoms with E-state index in [1.807, 2.05) is 0 Å². The molecule has 0 heterocycles. The molecular formula is C30H51NO2S. The lowest BCUT2D eigenvalue weighted by molar-refractivity contribution is -0.0581. The highest BCUT2D eigenvalue weighted by Crippen LogP contribution is 2.67. The van der Waals surface area contributed by atoms with Crippen LogP contribution in [0.15, 0.2) is 11.6 Å². The molecule has 34 heavy (non-hydrogen) atoms. The largest absolute Gasteiger partial charge is 0.446 e. The summed E-state index contributed by atoms with van der Waals surface area (Å²) in [5.41, 5.74) is 2.45. The van der Waals surface area contributed by atoms with E-state index >= 15 is 0 Å². The molecule has 3 fully saturated rings. The number of hydrogen-bond donors (Lipinski definition) is 2. The zero-order chi connectivity index (χ0) is 24.5. The molecule has 8 atom stereocenters. The average Bonchev–Trinajstić information content (AvgIpc) is 3.15. The number of rotatable bonds is 8. The molecule has 0 saturated heterocycles. The van der Waals surface area contributed by atoms with Gasteiger partial charge in [0.05, 0.1) is 0 Å². The zero-order valence-corrected chi connectivity index (χ0v) is 23.5. The molecule has 3 saturated carbocycles. The second-order valence-corrected chi connectivity index (χ2v) is 13.7. The minimum Gasteiger partial charge on any atom is -0.446 e. The molecule has 0 aromatic rings. The van der Waals surface area contributed by atoms with Crippen molar-refractivity contribution in [3.63, 3.8) is 0 Å². The maximum atomic E-state index is 12.1. The van der Waals surface area contributed by atoms with Crippen LogP contribution in [0, 0.1) is 46.3 Å². The Bertz CT molecular complexity index is 750. The predicted octanol–water partition coefficient (Wildman–Crippen LogP) is 8.05. The third-order valence-electron chi connectivity index (χ3n) is 10.9. The highest BCUT2D eigenvalue weighted by atomic mass is 32.1. The van der Waals surface area contributed by atoms with Crippen LogP contribution in [0.4, 0.5) is 4.79 Å². The summed E-state index contributed by atoms with van der Waals surface area (Å²) in [5.74, 6) is 5.85. The van der Waals surface area contributed by atoms with Gasteiger partial charge in [-0.1, -0.05) is 65.5 Å². The van der Waals surface area contributed by atoms with Crippen molar-refractivity contribution in [2.45, 2.75) is 111 Å². The Morgan fingerprint density at radius 2 is 1.91 bits per heavy atom. The summed E-state index contributed by atoms with van der Waals surface area (Å²) >= 11 is 4.17. The molecule has 0 aromatic heterocycles. The highest BCUT2D eigenvalue weighted by molar-refractivity contribution is 7.80. The van der Waals surface area contributed by atoms with Crippen molar-refractivity contribution in [3.05, 3.63) is 11.6 Å². The smallest absolute Gasteiger partial charge is 0.407 e. The van der Waals surface area contributed by atoms with Gasteiger partial charge in [-0.25, -0.2) is 4.79 Å².